The second-order valence-electron chi connectivity index (χ2n) is 5.58. The van der Waals surface area contributed by atoms with Gasteiger partial charge in [0.15, 0.2) is 5.82 Å². The Morgan fingerprint density at radius 3 is 2.42 bits per heavy atom. The highest BCUT2D eigenvalue weighted by Crippen LogP contribution is 2.25. The van der Waals surface area contributed by atoms with Crippen LogP contribution in [0.2, 0.25) is 0 Å². The second kappa shape index (κ2) is 6.70. The summed E-state index contributed by atoms with van der Waals surface area (Å²) < 4.78 is 26.6. The van der Waals surface area contributed by atoms with Gasteiger partial charge >= 0.3 is 0 Å². The van der Waals surface area contributed by atoms with Crippen LogP contribution in [0.3, 0.4) is 0 Å². The molecule has 0 saturated carbocycles. The lowest BCUT2D eigenvalue weighted by Crippen LogP contribution is -2.33. The van der Waals surface area contributed by atoms with Crippen LogP contribution in [-0.4, -0.2) is 31.6 Å². The number of likely N-dealkylation sites (N-methyl/N-ethyl adjacent to an activating group) is 1. The Morgan fingerprint density at radius 1 is 1.26 bits per heavy atom. The van der Waals surface area contributed by atoms with Gasteiger partial charge in [0.25, 0.3) is 0 Å². The van der Waals surface area contributed by atoms with Crippen LogP contribution in [0.5, 0.6) is 0 Å². The van der Waals surface area contributed by atoms with E-state index in [9.17, 15) is 8.78 Å². The molecular weight excluding hydrogens is 248 g/mol. The average Bonchev–Trinajstić information content (AvgIpc) is 2.23. The number of benzene rings is 1. The van der Waals surface area contributed by atoms with Crippen molar-refractivity contribution in [3.63, 3.8) is 0 Å². The van der Waals surface area contributed by atoms with Crippen molar-refractivity contribution in [1.82, 2.24) is 4.90 Å². The summed E-state index contributed by atoms with van der Waals surface area (Å²) in [5, 5.41) is 3.14. The topological polar surface area (TPSA) is 41.3 Å². The summed E-state index contributed by atoms with van der Waals surface area (Å²) in [4.78, 5) is 2.03. The number of rotatable bonds is 6. The molecule has 0 bridgehead atoms. The Bertz CT molecular complexity index is 409. The number of hydrogen-bond acceptors (Lipinski definition) is 3. The number of nitrogens with one attached hydrogen (secondary N) is 1. The molecule has 0 saturated heterocycles. The van der Waals surface area contributed by atoms with E-state index in [1.165, 1.54) is 6.07 Å². The first-order valence-corrected chi connectivity index (χ1v) is 6.45. The van der Waals surface area contributed by atoms with Crippen LogP contribution in [0.4, 0.5) is 20.2 Å². The molecule has 0 aliphatic rings. The Kier molecular flexibility index (Phi) is 5.54. The van der Waals surface area contributed by atoms with Gasteiger partial charge in [-0.1, -0.05) is 13.8 Å². The van der Waals surface area contributed by atoms with E-state index in [0.29, 0.717) is 11.6 Å². The van der Waals surface area contributed by atoms with Crippen molar-refractivity contribution in [3.8, 4) is 0 Å². The van der Waals surface area contributed by atoms with E-state index in [0.717, 1.165) is 19.0 Å². The molecule has 5 heteroatoms. The van der Waals surface area contributed by atoms with Gasteiger partial charge in [-0.3, -0.25) is 0 Å². The molecule has 1 atom stereocenters. The van der Waals surface area contributed by atoms with Crippen molar-refractivity contribution < 1.29 is 8.78 Å². The molecule has 3 nitrogen and oxygen atoms in total. The number of nitrogens with two attached hydrogens (primary N) is 1. The molecule has 19 heavy (non-hydrogen) atoms. The van der Waals surface area contributed by atoms with Crippen LogP contribution < -0.4 is 11.1 Å². The number of nitrogen functional groups attached to an aromatic ring is 1. The van der Waals surface area contributed by atoms with Crippen molar-refractivity contribution in [3.05, 3.63) is 23.8 Å². The van der Waals surface area contributed by atoms with Gasteiger partial charge in [-0.25, -0.2) is 8.78 Å². The van der Waals surface area contributed by atoms with Gasteiger partial charge in [-0.2, -0.15) is 0 Å². The lowest BCUT2D eigenvalue weighted by Gasteiger charge is -2.25. The Labute approximate surface area is 113 Å². The highest BCUT2D eigenvalue weighted by molar-refractivity contribution is 5.67. The molecule has 1 rings (SSSR count). The SMILES string of the molecule is CC(C)CC(CN(C)C)Nc1cc(F)cc(F)c1N. The van der Waals surface area contributed by atoms with Gasteiger partial charge in [0.1, 0.15) is 5.82 Å². The smallest absolute Gasteiger partial charge is 0.151 e. The van der Waals surface area contributed by atoms with Crippen LogP contribution in [0.1, 0.15) is 20.3 Å². The Balaban J connectivity index is 2.89. The average molecular weight is 271 g/mol. The summed E-state index contributed by atoms with van der Waals surface area (Å²) in [6.07, 6.45) is 0.899. The molecule has 3 N–H and O–H groups in total. The van der Waals surface area contributed by atoms with Gasteiger partial charge < -0.3 is 16.0 Å². The molecule has 108 valence electrons. The minimum atomic E-state index is -0.726. The minimum Gasteiger partial charge on any atom is -0.395 e. The van der Waals surface area contributed by atoms with Gasteiger partial charge in [-0.05, 0) is 32.5 Å². The first-order valence-electron chi connectivity index (χ1n) is 6.45. The third-order valence-electron chi connectivity index (χ3n) is 2.80. The largest absolute Gasteiger partial charge is 0.395 e. The molecule has 1 unspecified atom stereocenters. The summed E-state index contributed by atoms with van der Waals surface area (Å²) in [6, 6.07) is 2.13. The molecular formula is C14H23F2N3. The number of hydrogen-bond donors (Lipinski definition) is 2. The molecule has 0 fully saturated rings. The molecule has 0 heterocycles. The second-order valence-corrected chi connectivity index (χ2v) is 5.58. The predicted molar refractivity (Wildman–Crippen MR) is 76.2 cm³/mol. The first kappa shape index (κ1) is 15.7. The van der Waals surface area contributed by atoms with Crippen LogP contribution in [0, 0.1) is 17.6 Å². The zero-order valence-electron chi connectivity index (χ0n) is 12.0. The van der Waals surface area contributed by atoms with Crippen LogP contribution in [0.25, 0.3) is 0 Å². The lowest BCUT2D eigenvalue weighted by molar-refractivity contribution is 0.356. The van der Waals surface area contributed by atoms with E-state index < -0.39 is 11.6 Å². The number of anilines is 2. The molecule has 0 radical (unpaired) electrons. The van der Waals surface area contributed by atoms with Gasteiger partial charge in [0.2, 0.25) is 0 Å². The van der Waals surface area contributed by atoms with E-state index in [1.54, 1.807) is 0 Å². The predicted octanol–water partition coefficient (Wildman–Crippen LogP) is 2.94. The summed E-state index contributed by atoms with van der Waals surface area (Å²) in [5.41, 5.74) is 5.93. The van der Waals surface area contributed by atoms with Crippen molar-refractivity contribution in [1.29, 1.82) is 0 Å². The number of nitrogens with zero attached hydrogens (tertiary/aromatic N) is 1. The molecule has 0 aromatic heterocycles. The molecule has 0 aliphatic heterocycles. The van der Waals surface area contributed by atoms with Crippen molar-refractivity contribution in [2.75, 3.05) is 31.7 Å². The van der Waals surface area contributed by atoms with Gasteiger partial charge in [-0.15, -0.1) is 0 Å². The number of halogens is 2. The van der Waals surface area contributed by atoms with Crippen molar-refractivity contribution in [2.45, 2.75) is 26.3 Å². The normalized spacial score (nSPS) is 13.1. The summed E-state index contributed by atoms with van der Waals surface area (Å²) in [7, 11) is 3.93. The zero-order valence-corrected chi connectivity index (χ0v) is 12.0. The maximum absolute atomic E-state index is 13.4. The first-order chi connectivity index (χ1) is 8.79. The quantitative estimate of drug-likeness (QED) is 0.782. The summed E-state index contributed by atoms with van der Waals surface area (Å²) in [6.45, 7) is 5.00. The van der Waals surface area contributed by atoms with Crippen molar-refractivity contribution in [2.24, 2.45) is 5.92 Å². The van der Waals surface area contributed by atoms with Crippen molar-refractivity contribution >= 4 is 11.4 Å². The van der Waals surface area contributed by atoms with E-state index in [4.69, 9.17) is 5.73 Å². The van der Waals surface area contributed by atoms with E-state index >= 15 is 0 Å². The van der Waals surface area contributed by atoms with E-state index in [-0.39, 0.29) is 11.7 Å². The summed E-state index contributed by atoms with van der Waals surface area (Å²) in [5.74, 6) is -0.866. The lowest BCUT2D eigenvalue weighted by atomic mass is 10.0. The van der Waals surface area contributed by atoms with Gasteiger partial charge in [0, 0.05) is 18.7 Å². The molecule has 0 spiro atoms. The molecule has 1 aromatic carbocycles. The molecule has 1 aromatic rings. The van der Waals surface area contributed by atoms with Crippen LogP contribution >= 0.6 is 0 Å². The highest BCUT2D eigenvalue weighted by atomic mass is 19.1. The standard InChI is InChI=1S/C14H23F2N3/c1-9(2)5-11(8-19(3)4)18-13-7-10(15)6-12(16)14(13)17/h6-7,9,11,18H,5,8,17H2,1-4H3. The third kappa shape index (κ3) is 5.03. The van der Waals surface area contributed by atoms with E-state index in [2.05, 4.69) is 19.2 Å². The maximum Gasteiger partial charge on any atom is 0.151 e. The van der Waals surface area contributed by atoms with Crippen LogP contribution in [0.15, 0.2) is 12.1 Å². The molecule has 0 aliphatic carbocycles. The maximum atomic E-state index is 13.4. The third-order valence-corrected chi connectivity index (χ3v) is 2.80. The summed E-state index contributed by atoms with van der Waals surface area (Å²) >= 11 is 0. The fraction of sp³-hybridized carbons (Fsp3) is 0.571. The monoisotopic (exact) mass is 271 g/mol. The molecule has 0 amide bonds. The van der Waals surface area contributed by atoms with E-state index in [1.807, 2.05) is 19.0 Å². The zero-order chi connectivity index (χ0) is 14.6. The van der Waals surface area contributed by atoms with Crippen LogP contribution in [-0.2, 0) is 0 Å². The fourth-order valence-electron chi connectivity index (χ4n) is 2.11. The van der Waals surface area contributed by atoms with Gasteiger partial charge in [0.05, 0.1) is 11.4 Å². The minimum absolute atomic E-state index is 0.0334. The Morgan fingerprint density at radius 2 is 1.89 bits per heavy atom. The Hall–Kier alpha value is -1.36. The fourth-order valence-corrected chi connectivity index (χ4v) is 2.11. The highest BCUT2D eigenvalue weighted by Gasteiger charge is 2.15.